The molecule has 4 heteroatoms. The van der Waals surface area contributed by atoms with Gasteiger partial charge in [-0.05, 0) is 6.42 Å². The van der Waals surface area contributed by atoms with Gasteiger partial charge in [0.15, 0.2) is 11.1 Å². The van der Waals surface area contributed by atoms with E-state index in [1.54, 1.807) is 0 Å². The van der Waals surface area contributed by atoms with Crippen molar-refractivity contribution in [1.29, 1.82) is 0 Å². The van der Waals surface area contributed by atoms with Crippen molar-refractivity contribution in [2.24, 2.45) is 5.73 Å². The first kappa shape index (κ1) is 22.1. The Hall–Kier alpha value is 0.0700. The Balaban J connectivity index is 3.04. The second kappa shape index (κ2) is 17.4. The maximum atomic E-state index is 10.7. The molecule has 0 spiro atoms. The molecule has 22 heavy (non-hydrogen) atoms. The van der Waals surface area contributed by atoms with Gasteiger partial charge in [-0.15, -0.1) is 0 Å². The molecule has 2 unspecified atom stereocenters. The lowest BCUT2D eigenvalue weighted by molar-refractivity contribution is 0.517. The van der Waals surface area contributed by atoms with Crippen LogP contribution in [-0.4, -0.2) is 14.1 Å². The van der Waals surface area contributed by atoms with Crippen molar-refractivity contribution in [2.45, 2.75) is 115 Å². The van der Waals surface area contributed by atoms with E-state index in [0.29, 0.717) is 6.42 Å². The molecule has 134 valence electrons. The monoisotopic (exact) mass is 333 g/mol. The van der Waals surface area contributed by atoms with Crippen molar-refractivity contribution in [3.05, 3.63) is 0 Å². The van der Waals surface area contributed by atoms with E-state index in [9.17, 15) is 4.21 Å². The molecule has 0 aliphatic heterocycles. The number of nitrogens with two attached hydrogens (primary N) is 1. The van der Waals surface area contributed by atoms with Crippen LogP contribution in [0.25, 0.3) is 0 Å². The van der Waals surface area contributed by atoms with Gasteiger partial charge in [-0.1, -0.05) is 103 Å². The molecule has 0 rings (SSSR count). The zero-order chi connectivity index (χ0) is 16.5. The van der Waals surface area contributed by atoms with Gasteiger partial charge in [-0.3, -0.25) is 0 Å². The summed E-state index contributed by atoms with van der Waals surface area (Å²) in [6, 6.07) is 0. The van der Waals surface area contributed by atoms with Crippen LogP contribution in [0.2, 0.25) is 0 Å². The summed E-state index contributed by atoms with van der Waals surface area (Å²) >= 11 is -1.85. The van der Waals surface area contributed by atoms with Gasteiger partial charge in [0, 0.05) is 0 Å². The third-order valence-corrected chi connectivity index (χ3v) is 5.10. The van der Waals surface area contributed by atoms with E-state index < -0.39 is 16.5 Å². The van der Waals surface area contributed by atoms with E-state index in [2.05, 4.69) is 6.92 Å². The summed E-state index contributed by atoms with van der Waals surface area (Å²) in [5, 5.41) is -0.554. The minimum Gasteiger partial charge on any atom is -0.315 e. The average Bonchev–Trinajstić information content (AvgIpc) is 2.50. The van der Waals surface area contributed by atoms with Crippen molar-refractivity contribution in [2.75, 3.05) is 0 Å². The molecule has 0 heterocycles. The van der Waals surface area contributed by atoms with E-state index in [1.807, 2.05) is 0 Å². The fourth-order valence-corrected chi connectivity index (χ4v) is 3.19. The van der Waals surface area contributed by atoms with Crippen LogP contribution < -0.4 is 5.73 Å². The van der Waals surface area contributed by atoms with Crippen molar-refractivity contribution in [3.63, 3.8) is 0 Å². The number of hydrogen-bond donors (Lipinski definition) is 2. The van der Waals surface area contributed by atoms with Crippen LogP contribution in [0.4, 0.5) is 0 Å². The standard InChI is InChI=1S/C18H39NO2S/c1-2-3-4-5-6-7-8-9-10-11-12-13-14-15-16-17-18(19)22(20)21/h18H,2-17,19H2,1H3,(H,20,21). The Morgan fingerprint density at radius 2 is 1.05 bits per heavy atom. The molecule has 0 radical (unpaired) electrons. The highest BCUT2D eigenvalue weighted by Gasteiger charge is 2.07. The zero-order valence-corrected chi connectivity index (χ0v) is 15.5. The second-order valence-electron chi connectivity index (χ2n) is 6.55. The summed E-state index contributed by atoms with van der Waals surface area (Å²) in [5.74, 6) is 0. The fraction of sp³-hybridized carbons (Fsp3) is 1.00. The van der Waals surface area contributed by atoms with Gasteiger partial charge in [-0.2, -0.15) is 0 Å². The molecular weight excluding hydrogens is 294 g/mol. The van der Waals surface area contributed by atoms with E-state index in [0.717, 1.165) is 12.8 Å². The topological polar surface area (TPSA) is 63.3 Å². The van der Waals surface area contributed by atoms with Gasteiger partial charge in [0.25, 0.3) is 0 Å². The molecule has 0 saturated carbocycles. The summed E-state index contributed by atoms with van der Waals surface area (Å²) < 4.78 is 19.4. The molecule has 0 fully saturated rings. The van der Waals surface area contributed by atoms with Crippen LogP contribution >= 0.6 is 0 Å². The minimum atomic E-state index is -1.85. The smallest absolute Gasteiger partial charge is 0.170 e. The summed E-state index contributed by atoms with van der Waals surface area (Å²) in [4.78, 5) is 0. The highest BCUT2D eigenvalue weighted by molar-refractivity contribution is 7.79. The summed E-state index contributed by atoms with van der Waals surface area (Å²) in [5.41, 5.74) is 5.52. The Labute approximate surface area is 141 Å². The Morgan fingerprint density at radius 3 is 1.36 bits per heavy atom. The molecule has 0 aliphatic rings. The van der Waals surface area contributed by atoms with Crippen molar-refractivity contribution >= 4 is 11.1 Å². The van der Waals surface area contributed by atoms with Gasteiger partial charge in [-0.25, -0.2) is 4.21 Å². The zero-order valence-electron chi connectivity index (χ0n) is 14.7. The highest BCUT2D eigenvalue weighted by Crippen LogP contribution is 2.14. The molecule has 0 bridgehead atoms. The van der Waals surface area contributed by atoms with Gasteiger partial charge >= 0.3 is 0 Å². The molecule has 0 amide bonds. The normalized spacial score (nSPS) is 14.1. The maximum Gasteiger partial charge on any atom is 0.170 e. The SMILES string of the molecule is CCCCCCCCCCCCCCCCCC(N)S(=O)O. The molecule has 0 aliphatic carbocycles. The molecular formula is C18H39NO2S. The second-order valence-corrected chi connectivity index (χ2v) is 7.71. The Bertz CT molecular complexity index is 249. The molecule has 0 saturated heterocycles. The lowest BCUT2D eigenvalue weighted by atomic mass is 10.0. The summed E-state index contributed by atoms with van der Waals surface area (Å²) in [6.07, 6.45) is 20.7. The van der Waals surface area contributed by atoms with Crippen LogP contribution in [0, 0.1) is 0 Å². The van der Waals surface area contributed by atoms with Crippen LogP contribution in [0.3, 0.4) is 0 Å². The molecule has 2 atom stereocenters. The molecule has 0 aromatic heterocycles. The maximum absolute atomic E-state index is 10.7. The molecule has 0 aromatic carbocycles. The summed E-state index contributed by atoms with van der Waals surface area (Å²) in [7, 11) is 0. The Morgan fingerprint density at radius 1 is 0.727 bits per heavy atom. The van der Waals surface area contributed by atoms with Crippen LogP contribution in [-0.2, 0) is 11.1 Å². The lowest BCUT2D eigenvalue weighted by Crippen LogP contribution is -2.24. The minimum absolute atomic E-state index is 0.554. The molecule has 3 nitrogen and oxygen atoms in total. The van der Waals surface area contributed by atoms with Crippen molar-refractivity contribution < 1.29 is 8.76 Å². The van der Waals surface area contributed by atoms with E-state index >= 15 is 0 Å². The van der Waals surface area contributed by atoms with Crippen LogP contribution in [0.1, 0.15) is 110 Å². The number of unbranched alkanes of at least 4 members (excludes halogenated alkanes) is 14. The predicted octanol–water partition coefficient (Wildman–Crippen LogP) is 5.75. The largest absolute Gasteiger partial charge is 0.315 e. The predicted molar refractivity (Wildman–Crippen MR) is 98.3 cm³/mol. The van der Waals surface area contributed by atoms with Crippen LogP contribution in [0.5, 0.6) is 0 Å². The quantitative estimate of drug-likeness (QED) is 0.263. The van der Waals surface area contributed by atoms with E-state index in [4.69, 9.17) is 10.3 Å². The third kappa shape index (κ3) is 16.4. The first-order valence-electron chi connectivity index (χ1n) is 9.53. The number of rotatable bonds is 17. The molecule has 0 aromatic rings. The molecule has 3 N–H and O–H groups in total. The third-order valence-electron chi connectivity index (χ3n) is 4.35. The Kier molecular flexibility index (Phi) is 17.5. The van der Waals surface area contributed by atoms with E-state index in [1.165, 1.54) is 83.5 Å². The van der Waals surface area contributed by atoms with Gasteiger partial charge in [0.05, 0.1) is 0 Å². The number of hydrogen-bond acceptors (Lipinski definition) is 2. The van der Waals surface area contributed by atoms with Crippen LogP contribution in [0.15, 0.2) is 0 Å². The van der Waals surface area contributed by atoms with Gasteiger partial charge < -0.3 is 10.3 Å². The van der Waals surface area contributed by atoms with Crippen molar-refractivity contribution in [3.8, 4) is 0 Å². The van der Waals surface area contributed by atoms with Gasteiger partial charge in [0.1, 0.15) is 5.37 Å². The first-order valence-corrected chi connectivity index (χ1v) is 10.7. The van der Waals surface area contributed by atoms with Crippen molar-refractivity contribution in [1.82, 2.24) is 0 Å². The van der Waals surface area contributed by atoms with E-state index in [-0.39, 0.29) is 0 Å². The first-order chi connectivity index (χ1) is 10.7. The average molecular weight is 334 g/mol. The highest BCUT2D eigenvalue weighted by atomic mass is 32.2. The van der Waals surface area contributed by atoms with Gasteiger partial charge in [0.2, 0.25) is 0 Å². The lowest BCUT2D eigenvalue weighted by Gasteiger charge is -2.06. The fourth-order valence-electron chi connectivity index (χ4n) is 2.82. The summed E-state index contributed by atoms with van der Waals surface area (Å²) in [6.45, 7) is 2.27.